The Morgan fingerprint density at radius 1 is 1.56 bits per heavy atom. The average Bonchev–Trinajstić information content (AvgIpc) is 2.85. The number of carboxylic acid groups (broad SMARTS) is 1. The Hall–Kier alpha value is -1.46. The topological polar surface area (TPSA) is 80.9 Å². The Morgan fingerprint density at radius 3 is 2.75 bits per heavy atom. The first-order valence-corrected chi connectivity index (χ1v) is 5.52. The van der Waals surface area contributed by atoms with Gasteiger partial charge >= 0.3 is 5.97 Å². The van der Waals surface area contributed by atoms with Crippen LogP contribution >= 0.6 is 0 Å². The number of tetrazole rings is 1. The number of carbonyl (C=O) groups is 1. The molecule has 0 bridgehead atoms. The van der Waals surface area contributed by atoms with E-state index >= 15 is 0 Å². The molecule has 6 nitrogen and oxygen atoms in total. The summed E-state index contributed by atoms with van der Waals surface area (Å²) in [6, 6.07) is 0. The maximum absolute atomic E-state index is 11.1. The van der Waals surface area contributed by atoms with E-state index in [1.54, 1.807) is 4.68 Å². The molecule has 0 aliphatic heterocycles. The summed E-state index contributed by atoms with van der Waals surface area (Å²) in [5.74, 6) is 0.505. The lowest BCUT2D eigenvalue weighted by Crippen LogP contribution is -2.23. The second kappa shape index (κ2) is 3.84. The van der Waals surface area contributed by atoms with Crippen molar-refractivity contribution in [1.29, 1.82) is 0 Å². The molecule has 0 unspecified atom stereocenters. The van der Waals surface area contributed by atoms with Gasteiger partial charge in [0.15, 0.2) is 5.82 Å². The highest BCUT2D eigenvalue weighted by Gasteiger charge is 2.51. The fourth-order valence-corrected chi connectivity index (χ4v) is 1.73. The Morgan fingerprint density at radius 2 is 2.25 bits per heavy atom. The fourth-order valence-electron chi connectivity index (χ4n) is 1.73. The minimum Gasteiger partial charge on any atom is -0.481 e. The van der Waals surface area contributed by atoms with Gasteiger partial charge in [-0.1, -0.05) is 13.8 Å². The van der Waals surface area contributed by atoms with Gasteiger partial charge in [0.2, 0.25) is 0 Å². The number of hydrogen-bond acceptors (Lipinski definition) is 4. The van der Waals surface area contributed by atoms with E-state index in [4.69, 9.17) is 5.11 Å². The van der Waals surface area contributed by atoms with Gasteiger partial charge in [0, 0.05) is 6.42 Å². The van der Waals surface area contributed by atoms with Gasteiger partial charge in [-0.25, -0.2) is 4.68 Å². The summed E-state index contributed by atoms with van der Waals surface area (Å²) in [6.07, 6.45) is 2.23. The molecule has 0 atom stereocenters. The summed E-state index contributed by atoms with van der Waals surface area (Å²) in [5.41, 5.74) is -0.610. The second-order valence-corrected chi connectivity index (χ2v) is 4.94. The predicted molar refractivity (Wildman–Crippen MR) is 55.7 cm³/mol. The summed E-state index contributed by atoms with van der Waals surface area (Å²) in [4.78, 5) is 11.1. The second-order valence-electron chi connectivity index (χ2n) is 4.94. The lowest BCUT2D eigenvalue weighted by Gasteiger charge is -2.11. The third kappa shape index (κ3) is 2.05. The largest absolute Gasteiger partial charge is 0.481 e. The van der Waals surface area contributed by atoms with Crippen LogP contribution in [0.1, 0.15) is 32.5 Å². The number of rotatable bonds is 5. The predicted octanol–water partition coefficient (Wildman–Crippen LogP) is 0.736. The Balaban J connectivity index is 2.10. The molecule has 1 N–H and O–H groups in total. The van der Waals surface area contributed by atoms with E-state index in [2.05, 4.69) is 29.4 Å². The van der Waals surface area contributed by atoms with Crippen molar-refractivity contribution in [3.63, 3.8) is 0 Å². The van der Waals surface area contributed by atoms with Gasteiger partial charge in [-0.3, -0.25) is 4.79 Å². The molecule has 0 saturated heterocycles. The SMILES string of the molecule is CC(C)Cc1nnnn1CC1(C(=O)O)CC1. The average molecular weight is 224 g/mol. The van der Waals surface area contributed by atoms with Crippen LogP contribution in [0.4, 0.5) is 0 Å². The smallest absolute Gasteiger partial charge is 0.311 e. The van der Waals surface area contributed by atoms with E-state index in [9.17, 15) is 4.79 Å². The molecule has 2 rings (SSSR count). The first-order chi connectivity index (χ1) is 7.53. The fraction of sp³-hybridized carbons (Fsp3) is 0.800. The number of aromatic nitrogens is 4. The van der Waals surface area contributed by atoms with Crippen molar-refractivity contribution >= 4 is 5.97 Å². The maximum atomic E-state index is 11.1. The highest BCUT2D eigenvalue weighted by molar-refractivity contribution is 5.77. The van der Waals surface area contributed by atoms with Crippen LogP contribution in [0.5, 0.6) is 0 Å². The van der Waals surface area contributed by atoms with Crippen molar-refractivity contribution in [3.8, 4) is 0 Å². The number of nitrogens with zero attached hydrogens (tertiary/aromatic N) is 4. The third-order valence-electron chi connectivity index (χ3n) is 2.96. The zero-order chi connectivity index (χ0) is 11.8. The molecule has 1 saturated carbocycles. The highest BCUT2D eigenvalue weighted by atomic mass is 16.4. The molecule has 16 heavy (non-hydrogen) atoms. The van der Waals surface area contributed by atoms with Crippen LogP contribution in [0.2, 0.25) is 0 Å². The van der Waals surface area contributed by atoms with E-state index < -0.39 is 11.4 Å². The van der Waals surface area contributed by atoms with E-state index in [1.165, 1.54) is 0 Å². The monoisotopic (exact) mass is 224 g/mol. The highest BCUT2D eigenvalue weighted by Crippen LogP contribution is 2.47. The molecule has 0 amide bonds. The summed E-state index contributed by atoms with van der Waals surface area (Å²) in [5, 5.41) is 20.5. The van der Waals surface area contributed by atoms with E-state index in [-0.39, 0.29) is 0 Å². The maximum Gasteiger partial charge on any atom is 0.311 e. The standard InChI is InChI=1S/C10H16N4O2/c1-7(2)5-8-11-12-13-14(8)6-10(3-4-10)9(15)16/h7H,3-6H2,1-2H3,(H,15,16). The van der Waals surface area contributed by atoms with Gasteiger partial charge in [0.1, 0.15) is 0 Å². The normalized spacial score (nSPS) is 17.7. The van der Waals surface area contributed by atoms with Crippen LogP contribution in [0.15, 0.2) is 0 Å². The van der Waals surface area contributed by atoms with Crippen molar-refractivity contribution in [3.05, 3.63) is 5.82 Å². The summed E-state index contributed by atoms with van der Waals surface area (Å²) >= 11 is 0. The molecule has 6 heteroatoms. The van der Waals surface area contributed by atoms with Gasteiger partial charge in [-0.2, -0.15) is 0 Å². The van der Waals surface area contributed by atoms with E-state index in [0.717, 1.165) is 25.1 Å². The van der Waals surface area contributed by atoms with E-state index in [0.29, 0.717) is 12.5 Å². The zero-order valence-electron chi connectivity index (χ0n) is 9.55. The number of aliphatic carboxylic acids is 1. The quantitative estimate of drug-likeness (QED) is 0.797. The van der Waals surface area contributed by atoms with Crippen molar-refractivity contribution in [2.75, 3.05) is 0 Å². The molecule has 1 fully saturated rings. The molecular weight excluding hydrogens is 208 g/mol. The molecule has 1 heterocycles. The Bertz CT molecular complexity index is 395. The molecule has 1 aliphatic rings. The van der Waals surface area contributed by atoms with Gasteiger partial charge in [-0.05, 0) is 29.2 Å². The summed E-state index contributed by atoms with van der Waals surface area (Å²) in [7, 11) is 0. The van der Waals surface area contributed by atoms with Crippen LogP contribution in [0.25, 0.3) is 0 Å². The van der Waals surface area contributed by atoms with Crippen LogP contribution < -0.4 is 0 Å². The third-order valence-corrected chi connectivity index (χ3v) is 2.96. The molecule has 1 aromatic rings. The van der Waals surface area contributed by atoms with Crippen molar-refractivity contribution in [2.45, 2.75) is 39.7 Å². The molecule has 88 valence electrons. The van der Waals surface area contributed by atoms with Gasteiger partial charge in [0.05, 0.1) is 12.0 Å². The van der Waals surface area contributed by atoms with Crippen LogP contribution in [-0.2, 0) is 17.8 Å². The minimum atomic E-state index is -0.738. The zero-order valence-corrected chi connectivity index (χ0v) is 9.55. The molecular formula is C10H16N4O2. The Labute approximate surface area is 93.6 Å². The van der Waals surface area contributed by atoms with Crippen LogP contribution in [-0.4, -0.2) is 31.3 Å². The van der Waals surface area contributed by atoms with Crippen LogP contribution in [0.3, 0.4) is 0 Å². The molecule has 1 aliphatic carbocycles. The van der Waals surface area contributed by atoms with Crippen LogP contribution in [0, 0.1) is 11.3 Å². The molecule has 0 spiro atoms. The summed E-state index contributed by atoms with van der Waals surface area (Å²) in [6.45, 7) is 4.57. The number of hydrogen-bond donors (Lipinski definition) is 1. The van der Waals surface area contributed by atoms with Gasteiger partial charge in [-0.15, -0.1) is 5.10 Å². The Kier molecular flexibility index (Phi) is 2.65. The molecule has 0 aromatic carbocycles. The summed E-state index contributed by atoms with van der Waals surface area (Å²) < 4.78 is 1.64. The first kappa shape index (κ1) is 11.0. The number of carboxylic acids is 1. The van der Waals surface area contributed by atoms with E-state index in [1.807, 2.05) is 0 Å². The van der Waals surface area contributed by atoms with Crippen molar-refractivity contribution in [1.82, 2.24) is 20.2 Å². The van der Waals surface area contributed by atoms with Crippen molar-refractivity contribution < 1.29 is 9.90 Å². The first-order valence-electron chi connectivity index (χ1n) is 5.52. The molecule has 0 radical (unpaired) electrons. The molecule has 1 aromatic heterocycles. The van der Waals surface area contributed by atoms with Crippen molar-refractivity contribution in [2.24, 2.45) is 11.3 Å². The lowest BCUT2D eigenvalue weighted by atomic mass is 10.1. The minimum absolute atomic E-state index is 0.400. The van der Waals surface area contributed by atoms with Gasteiger partial charge in [0.25, 0.3) is 0 Å². The van der Waals surface area contributed by atoms with Gasteiger partial charge < -0.3 is 5.11 Å². The lowest BCUT2D eigenvalue weighted by molar-refractivity contribution is -0.144.